The second kappa shape index (κ2) is 6.06. The lowest BCUT2D eigenvalue weighted by molar-refractivity contribution is -0.125. The number of carbonyl (C=O) groups is 1. The highest BCUT2D eigenvalue weighted by Gasteiger charge is 2.33. The number of thioether (sulfide) groups is 1. The largest absolute Gasteiger partial charge is 0.377 e. The molecule has 92 valence electrons. The molecule has 16 heavy (non-hydrogen) atoms. The second-order valence-corrected chi connectivity index (χ2v) is 6.16. The first-order valence-electron chi connectivity index (χ1n) is 6.53. The highest BCUT2D eigenvalue weighted by Crippen LogP contribution is 2.30. The van der Waals surface area contributed by atoms with Crippen LogP contribution < -0.4 is 0 Å². The molecule has 0 spiro atoms. The zero-order chi connectivity index (χ0) is 11.4. The highest BCUT2D eigenvalue weighted by atomic mass is 32.2. The van der Waals surface area contributed by atoms with Crippen molar-refractivity contribution in [2.24, 2.45) is 11.8 Å². The Morgan fingerprint density at radius 1 is 1.31 bits per heavy atom. The van der Waals surface area contributed by atoms with E-state index in [2.05, 4.69) is 6.92 Å². The first-order valence-corrected chi connectivity index (χ1v) is 7.68. The Morgan fingerprint density at radius 2 is 2.06 bits per heavy atom. The number of rotatable bonds is 4. The molecule has 2 unspecified atom stereocenters. The summed E-state index contributed by atoms with van der Waals surface area (Å²) in [6.45, 7) is 2.91. The standard InChI is InChI=1S/C13H22O2S/c1-2-13-11(3-6-15-13)12(14)9-10-4-7-16-8-5-10/h10-11,13H,2-9H2,1H3. The topological polar surface area (TPSA) is 26.3 Å². The van der Waals surface area contributed by atoms with Crippen LogP contribution in [-0.2, 0) is 9.53 Å². The van der Waals surface area contributed by atoms with Gasteiger partial charge in [-0.1, -0.05) is 6.92 Å². The first kappa shape index (κ1) is 12.4. The van der Waals surface area contributed by atoms with Crippen molar-refractivity contribution >= 4 is 17.5 Å². The quantitative estimate of drug-likeness (QED) is 0.758. The lowest BCUT2D eigenvalue weighted by Gasteiger charge is -2.23. The number of carbonyl (C=O) groups excluding carboxylic acids is 1. The molecule has 2 fully saturated rings. The Morgan fingerprint density at radius 3 is 2.75 bits per heavy atom. The molecular formula is C13H22O2S. The molecule has 0 aromatic carbocycles. The summed E-state index contributed by atoms with van der Waals surface area (Å²) >= 11 is 2.03. The molecule has 2 aliphatic rings. The summed E-state index contributed by atoms with van der Waals surface area (Å²) in [5.74, 6) is 3.83. The normalized spacial score (nSPS) is 31.8. The van der Waals surface area contributed by atoms with Crippen molar-refractivity contribution in [2.75, 3.05) is 18.1 Å². The molecule has 2 heterocycles. The molecule has 2 saturated heterocycles. The summed E-state index contributed by atoms with van der Waals surface area (Å²) in [5, 5.41) is 0. The molecule has 2 atom stereocenters. The third-order valence-electron chi connectivity index (χ3n) is 3.86. The fourth-order valence-electron chi connectivity index (χ4n) is 2.81. The number of Topliss-reactive ketones (excluding diaryl/α,β-unsaturated/α-hetero) is 1. The van der Waals surface area contributed by atoms with Crippen LogP contribution in [0.1, 0.15) is 39.0 Å². The summed E-state index contributed by atoms with van der Waals surface area (Å²) in [7, 11) is 0. The summed E-state index contributed by atoms with van der Waals surface area (Å²) in [5.41, 5.74) is 0. The molecule has 0 aromatic rings. The van der Waals surface area contributed by atoms with Gasteiger partial charge < -0.3 is 4.74 Å². The zero-order valence-electron chi connectivity index (χ0n) is 10.1. The van der Waals surface area contributed by atoms with Crippen LogP contribution in [0.15, 0.2) is 0 Å². The first-order chi connectivity index (χ1) is 7.81. The van der Waals surface area contributed by atoms with Gasteiger partial charge in [-0.05, 0) is 43.1 Å². The minimum atomic E-state index is 0.208. The van der Waals surface area contributed by atoms with Gasteiger partial charge in [-0.15, -0.1) is 0 Å². The van der Waals surface area contributed by atoms with Gasteiger partial charge in [0.25, 0.3) is 0 Å². The van der Waals surface area contributed by atoms with E-state index in [1.165, 1.54) is 24.3 Å². The van der Waals surface area contributed by atoms with E-state index < -0.39 is 0 Å². The maximum Gasteiger partial charge on any atom is 0.138 e. The van der Waals surface area contributed by atoms with Gasteiger partial charge in [0, 0.05) is 18.9 Å². The van der Waals surface area contributed by atoms with Crippen LogP contribution in [0.5, 0.6) is 0 Å². The van der Waals surface area contributed by atoms with Crippen molar-refractivity contribution in [3.63, 3.8) is 0 Å². The maximum atomic E-state index is 12.2. The smallest absolute Gasteiger partial charge is 0.138 e. The Balaban J connectivity index is 1.82. The summed E-state index contributed by atoms with van der Waals surface area (Å²) < 4.78 is 5.60. The van der Waals surface area contributed by atoms with E-state index >= 15 is 0 Å². The van der Waals surface area contributed by atoms with Gasteiger partial charge in [-0.25, -0.2) is 0 Å². The molecule has 2 rings (SSSR count). The average Bonchev–Trinajstić information content (AvgIpc) is 2.78. The molecule has 0 saturated carbocycles. The molecular weight excluding hydrogens is 220 g/mol. The van der Waals surface area contributed by atoms with Crippen LogP contribution in [0.2, 0.25) is 0 Å². The van der Waals surface area contributed by atoms with E-state index in [4.69, 9.17) is 4.74 Å². The Bertz CT molecular complexity index is 236. The Hall–Kier alpha value is -0.0200. The number of hydrogen-bond acceptors (Lipinski definition) is 3. The van der Waals surface area contributed by atoms with Gasteiger partial charge in [0.1, 0.15) is 5.78 Å². The van der Waals surface area contributed by atoms with Crippen molar-refractivity contribution in [3.8, 4) is 0 Å². The van der Waals surface area contributed by atoms with E-state index in [-0.39, 0.29) is 12.0 Å². The number of ketones is 1. The van der Waals surface area contributed by atoms with Gasteiger partial charge >= 0.3 is 0 Å². The predicted octanol–water partition coefficient (Wildman–Crippen LogP) is 2.90. The highest BCUT2D eigenvalue weighted by molar-refractivity contribution is 7.99. The summed E-state index contributed by atoms with van der Waals surface area (Å²) in [6, 6.07) is 0. The fraction of sp³-hybridized carbons (Fsp3) is 0.923. The lowest BCUT2D eigenvalue weighted by Crippen LogP contribution is -2.26. The number of hydrogen-bond donors (Lipinski definition) is 0. The van der Waals surface area contributed by atoms with Crippen LogP contribution >= 0.6 is 11.8 Å². The molecule has 0 aromatic heterocycles. The van der Waals surface area contributed by atoms with Crippen molar-refractivity contribution in [3.05, 3.63) is 0 Å². The zero-order valence-corrected chi connectivity index (χ0v) is 10.9. The molecule has 0 bridgehead atoms. The molecule has 2 aliphatic heterocycles. The lowest BCUT2D eigenvalue weighted by atomic mass is 9.87. The van der Waals surface area contributed by atoms with Crippen molar-refractivity contribution in [1.82, 2.24) is 0 Å². The molecule has 3 heteroatoms. The third-order valence-corrected chi connectivity index (χ3v) is 4.90. The molecule has 0 amide bonds. The van der Waals surface area contributed by atoms with Crippen molar-refractivity contribution in [2.45, 2.75) is 45.1 Å². The maximum absolute atomic E-state index is 12.2. The van der Waals surface area contributed by atoms with E-state index in [1.807, 2.05) is 11.8 Å². The van der Waals surface area contributed by atoms with Gasteiger partial charge in [0.05, 0.1) is 6.10 Å². The van der Waals surface area contributed by atoms with Gasteiger partial charge in [0.15, 0.2) is 0 Å². The molecule has 0 N–H and O–H groups in total. The van der Waals surface area contributed by atoms with Crippen molar-refractivity contribution < 1.29 is 9.53 Å². The Labute approximate surface area is 103 Å². The fourth-order valence-corrected chi connectivity index (χ4v) is 4.01. The SMILES string of the molecule is CCC1OCCC1C(=O)CC1CCSCC1. The third kappa shape index (κ3) is 3.01. The van der Waals surface area contributed by atoms with Crippen molar-refractivity contribution in [1.29, 1.82) is 0 Å². The van der Waals surface area contributed by atoms with Crippen LogP contribution in [0, 0.1) is 11.8 Å². The summed E-state index contributed by atoms with van der Waals surface area (Å²) in [6.07, 6.45) is 5.44. The van der Waals surface area contributed by atoms with Gasteiger partial charge in [0.2, 0.25) is 0 Å². The second-order valence-electron chi connectivity index (χ2n) is 4.94. The van der Waals surface area contributed by atoms with E-state index in [9.17, 15) is 4.79 Å². The van der Waals surface area contributed by atoms with Crippen LogP contribution in [-0.4, -0.2) is 30.0 Å². The monoisotopic (exact) mass is 242 g/mol. The number of ether oxygens (including phenoxy) is 1. The van der Waals surface area contributed by atoms with E-state index in [0.29, 0.717) is 11.7 Å². The van der Waals surface area contributed by atoms with Gasteiger partial charge in [-0.2, -0.15) is 11.8 Å². The minimum Gasteiger partial charge on any atom is -0.377 e. The molecule has 0 aliphatic carbocycles. The summed E-state index contributed by atoms with van der Waals surface area (Å²) in [4.78, 5) is 12.2. The molecule has 2 nitrogen and oxygen atoms in total. The van der Waals surface area contributed by atoms with Crippen LogP contribution in [0.25, 0.3) is 0 Å². The predicted molar refractivity (Wildman–Crippen MR) is 67.8 cm³/mol. The van der Waals surface area contributed by atoms with E-state index in [1.54, 1.807) is 0 Å². The van der Waals surface area contributed by atoms with Gasteiger partial charge in [-0.3, -0.25) is 4.79 Å². The average molecular weight is 242 g/mol. The molecule has 0 radical (unpaired) electrons. The minimum absolute atomic E-state index is 0.208. The van der Waals surface area contributed by atoms with Crippen LogP contribution in [0.4, 0.5) is 0 Å². The Kier molecular flexibility index (Phi) is 4.71. The van der Waals surface area contributed by atoms with E-state index in [0.717, 1.165) is 25.9 Å². The van der Waals surface area contributed by atoms with Crippen LogP contribution in [0.3, 0.4) is 0 Å².